The van der Waals surface area contributed by atoms with Crippen molar-refractivity contribution in [3.63, 3.8) is 0 Å². The first-order chi connectivity index (χ1) is 9.26. The summed E-state index contributed by atoms with van der Waals surface area (Å²) in [7, 11) is 0. The minimum atomic E-state index is -0.169. The van der Waals surface area contributed by atoms with Crippen molar-refractivity contribution in [1.29, 1.82) is 0 Å². The predicted octanol–water partition coefficient (Wildman–Crippen LogP) is 1.82. The number of rotatable bonds is 1. The van der Waals surface area contributed by atoms with Gasteiger partial charge in [-0.15, -0.1) is 0 Å². The molecule has 0 spiro atoms. The van der Waals surface area contributed by atoms with Crippen LogP contribution in [0.25, 0.3) is 17.0 Å². The van der Waals surface area contributed by atoms with Crippen LogP contribution in [0.2, 0.25) is 0 Å². The summed E-state index contributed by atoms with van der Waals surface area (Å²) in [5.41, 5.74) is 2.16. The Labute approximate surface area is 113 Å². The van der Waals surface area contributed by atoms with Crippen LogP contribution >= 0.6 is 11.8 Å². The Morgan fingerprint density at radius 3 is 3.00 bits per heavy atom. The molecule has 0 atom stereocenters. The molecule has 0 radical (unpaired) electrons. The number of carbonyl (C=O) groups is 1. The topological polar surface area (TPSA) is 67.2 Å². The number of nitrogens with zero attached hydrogens (tertiary/aromatic N) is 3. The standard InChI is InChI=1S/C13H10N4OS/c1-19-13-15-11(12(18)16-13)7-8-2-3-10-9(6-8)4-5-14-17-10/h2-7H,1H3,(H,15,16,18)/b11-7-. The monoisotopic (exact) mass is 270 g/mol. The van der Waals surface area contributed by atoms with E-state index in [-0.39, 0.29) is 5.91 Å². The zero-order valence-electron chi connectivity index (χ0n) is 10.1. The number of hydrogen-bond donors (Lipinski definition) is 1. The molecule has 19 heavy (non-hydrogen) atoms. The molecule has 1 aromatic heterocycles. The van der Waals surface area contributed by atoms with E-state index in [2.05, 4.69) is 20.5 Å². The molecule has 6 heteroatoms. The van der Waals surface area contributed by atoms with Crippen LogP contribution in [0, 0.1) is 0 Å². The number of hydrogen-bond acceptors (Lipinski definition) is 5. The van der Waals surface area contributed by atoms with Crippen LogP contribution in [0.1, 0.15) is 5.56 Å². The van der Waals surface area contributed by atoms with Gasteiger partial charge < -0.3 is 0 Å². The summed E-state index contributed by atoms with van der Waals surface area (Å²) in [5.74, 6) is -0.169. The van der Waals surface area contributed by atoms with E-state index in [9.17, 15) is 4.79 Å². The average molecular weight is 270 g/mol. The molecule has 1 aliphatic rings. The van der Waals surface area contributed by atoms with Crippen molar-refractivity contribution in [2.45, 2.75) is 0 Å². The number of benzene rings is 1. The summed E-state index contributed by atoms with van der Waals surface area (Å²) in [6, 6.07) is 7.61. The molecule has 2 heterocycles. The highest BCUT2D eigenvalue weighted by atomic mass is 32.2. The second-order valence-corrected chi connectivity index (χ2v) is 4.75. The highest BCUT2D eigenvalue weighted by molar-refractivity contribution is 8.13. The third kappa shape index (κ3) is 2.34. The van der Waals surface area contributed by atoms with E-state index in [0.717, 1.165) is 16.5 Å². The lowest BCUT2D eigenvalue weighted by Gasteiger charge is -1.98. The van der Waals surface area contributed by atoms with Gasteiger partial charge in [0.05, 0.1) is 11.7 Å². The van der Waals surface area contributed by atoms with Gasteiger partial charge in [-0.1, -0.05) is 17.8 Å². The Morgan fingerprint density at radius 2 is 2.21 bits per heavy atom. The summed E-state index contributed by atoms with van der Waals surface area (Å²) in [6.45, 7) is 0. The molecule has 0 unspecified atom stereocenters. The molecule has 1 aliphatic heterocycles. The quantitative estimate of drug-likeness (QED) is 0.803. The van der Waals surface area contributed by atoms with Crippen molar-refractivity contribution >= 4 is 39.8 Å². The molecule has 0 saturated carbocycles. The van der Waals surface area contributed by atoms with Gasteiger partial charge in [-0.25, -0.2) is 4.99 Å². The molecule has 1 N–H and O–H groups in total. The molecule has 3 rings (SSSR count). The number of amides is 1. The van der Waals surface area contributed by atoms with E-state index in [0.29, 0.717) is 10.9 Å². The van der Waals surface area contributed by atoms with Crippen molar-refractivity contribution in [1.82, 2.24) is 15.5 Å². The number of aliphatic imine (C=N–C) groups is 1. The lowest BCUT2D eigenvalue weighted by Crippen LogP contribution is -2.21. The van der Waals surface area contributed by atoms with Crippen molar-refractivity contribution in [2.24, 2.45) is 4.99 Å². The molecule has 0 saturated heterocycles. The molecule has 1 aromatic carbocycles. The number of amidine groups is 1. The summed E-state index contributed by atoms with van der Waals surface area (Å²) in [6.07, 6.45) is 5.28. The predicted molar refractivity (Wildman–Crippen MR) is 76.6 cm³/mol. The van der Waals surface area contributed by atoms with Gasteiger partial charge in [0, 0.05) is 5.39 Å². The number of aromatic nitrogens is 2. The number of fused-ring (bicyclic) bond motifs is 1. The van der Waals surface area contributed by atoms with E-state index in [1.54, 1.807) is 12.3 Å². The fourth-order valence-corrected chi connectivity index (χ4v) is 2.18. The average Bonchev–Trinajstić information content (AvgIpc) is 2.79. The van der Waals surface area contributed by atoms with E-state index in [4.69, 9.17) is 0 Å². The fraction of sp³-hybridized carbons (Fsp3) is 0.0769. The number of carbonyl (C=O) groups excluding carboxylic acids is 1. The maximum atomic E-state index is 11.7. The third-order valence-corrected chi connectivity index (χ3v) is 3.29. The van der Waals surface area contributed by atoms with Crippen LogP contribution in [-0.4, -0.2) is 27.5 Å². The highest BCUT2D eigenvalue weighted by Crippen LogP contribution is 2.18. The van der Waals surface area contributed by atoms with Gasteiger partial charge in [0.15, 0.2) is 5.17 Å². The summed E-state index contributed by atoms with van der Waals surface area (Å²) < 4.78 is 0. The van der Waals surface area contributed by atoms with Crippen molar-refractivity contribution in [2.75, 3.05) is 6.26 Å². The molecule has 0 bridgehead atoms. The second kappa shape index (κ2) is 4.81. The molecule has 5 nitrogen and oxygen atoms in total. The normalized spacial score (nSPS) is 16.8. The first-order valence-corrected chi connectivity index (χ1v) is 6.86. The Balaban J connectivity index is 2.01. The van der Waals surface area contributed by atoms with Gasteiger partial charge in [0.2, 0.25) is 0 Å². The van der Waals surface area contributed by atoms with Crippen molar-refractivity contribution in [3.8, 4) is 0 Å². The van der Waals surface area contributed by atoms with Gasteiger partial charge in [0.1, 0.15) is 5.70 Å². The Hall–Kier alpha value is -2.21. The zero-order valence-corrected chi connectivity index (χ0v) is 10.9. The number of nitrogens with one attached hydrogen (secondary N) is 1. The van der Waals surface area contributed by atoms with E-state index < -0.39 is 0 Å². The van der Waals surface area contributed by atoms with Crippen LogP contribution in [0.15, 0.2) is 41.2 Å². The first-order valence-electron chi connectivity index (χ1n) is 5.63. The molecule has 94 valence electrons. The Kier molecular flexibility index (Phi) is 3.00. The molecule has 2 aromatic rings. The van der Waals surface area contributed by atoms with Crippen LogP contribution in [0.3, 0.4) is 0 Å². The lowest BCUT2D eigenvalue weighted by molar-refractivity contribution is -0.115. The molecule has 1 amide bonds. The van der Waals surface area contributed by atoms with E-state index in [1.807, 2.05) is 30.5 Å². The molecular weight excluding hydrogens is 260 g/mol. The maximum absolute atomic E-state index is 11.7. The first kappa shape index (κ1) is 11.9. The summed E-state index contributed by atoms with van der Waals surface area (Å²) >= 11 is 1.41. The lowest BCUT2D eigenvalue weighted by atomic mass is 10.1. The minimum absolute atomic E-state index is 0.169. The van der Waals surface area contributed by atoms with Crippen LogP contribution in [0.4, 0.5) is 0 Å². The van der Waals surface area contributed by atoms with Gasteiger partial charge in [-0.05, 0) is 36.1 Å². The Bertz CT molecular complexity index is 723. The third-order valence-electron chi connectivity index (χ3n) is 2.71. The fourth-order valence-electron chi connectivity index (χ4n) is 1.80. The Morgan fingerprint density at radius 1 is 1.32 bits per heavy atom. The smallest absolute Gasteiger partial charge is 0.275 e. The molecular formula is C13H10N4OS. The zero-order chi connectivity index (χ0) is 13.2. The minimum Gasteiger partial charge on any atom is -0.300 e. The van der Waals surface area contributed by atoms with Gasteiger partial charge >= 0.3 is 0 Å². The second-order valence-electron chi connectivity index (χ2n) is 3.95. The van der Waals surface area contributed by atoms with Gasteiger partial charge in [0.25, 0.3) is 5.91 Å². The largest absolute Gasteiger partial charge is 0.300 e. The molecule has 0 aliphatic carbocycles. The van der Waals surface area contributed by atoms with Gasteiger partial charge in [-0.3, -0.25) is 10.1 Å². The van der Waals surface area contributed by atoms with E-state index in [1.165, 1.54) is 11.8 Å². The van der Waals surface area contributed by atoms with Crippen molar-refractivity contribution in [3.05, 3.63) is 41.7 Å². The maximum Gasteiger partial charge on any atom is 0.275 e. The summed E-state index contributed by atoms with van der Waals surface area (Å²) in [4.78, 5) is 15.9. The summed E-state index contributed by atoms with van der Waals surface area (Å²) in [5, 5.41) is 12.1. The van der Waals surface area contributed by atoms with Crippen LogP contribution in [0.5, 0.6) is 0 Å². The van der Waals surface area contributed by atoms with Crippen molar-refractivity contribution < 1.29 is 4.79 Å². The number of thioether (sulfide) groups is 1. The van der Waals surface area contributed by atoms with Crippen LogP contribution < -0.4 is 5.32 Å². The highest BCUT2D eigenvalue weighted by Gasteiger charge is 2.18. The molecule has 0 fully saturated rings. The van der Waals surface area contributed by atoms with Gasteiger partial charge in [-0.2, -0.15) is 10.2 Å². The SMILES string of the molecule is CSC1=N/C(=C\c2ccc3nnccc3c2)C(=O)N1. The van der Waals surface area contributed by atoms with E-state index >= 15 is 0 Å². The van der Waals surface area contributed by atoms with Crippen LogP contribution in [-0.2, 0) is 4.79 Å².